The topological polar surface area (TPSA) is 69.6 Å². The van der Waals surface area contributed by atoms with Crippen molar-refractivity contribution in [2.45, 2.75) is 6.92 Å². The lowest BCUT2D eigenvalue weighted by molar-refractivity contribution is 0.607. The van der Waals surface area contributed by atoms with Crippen molar-refractivity contribution in [3.63, 3.8) is 0 Å². The molecule has 0 aliphatic carbocycles. The standard InChI is InChI=1S/C14H11ClFN5/c1-8-2-5-12(16)13(6-8)21-14(18-19-20-21)10-7-9(17)3-4-11(10)15/h2-7H,17H2,1H3. The molecule has 0 spiro atoms. The van der Waals surface area contributed by atoms with Crippen LogP contribution in [0.15, 0.2) is 36.4 Å². The van der Waals surface area contributed by atoms with Crippen LogP contribution in [-0.2, 0) is 0 Å². The van der Waals surface area contributed by atoms with E-state index in [-0.39, 0.29) is 5.69 Å². The normalized spacial score (nSPS) is 10.8. The van der Waals surface area contributed by atoms with Crippen LogP contribution in [0.3, 0.4) is 0 Å². The van der Waals surface area contributed by atoms with Gasteiger partial charge in [-0.25, -0.2) is 4.39 Å². The Morgan fingerprint density at radius 2 is 2.00 bits per heavy atom. The molecule has 1 heterocycles. The molecule has 0 aliphatic heterocycles. The summed E-state index contributed by atoms with van der Waals surface area (Å²) in [5, 5.41) is 11.8. The maximum Gasteiger partial charge on any atom is 0.188 e. The number of aryl methyl sites for hydroxylation is 1. The van der Waals surface area contributed by atoms with Crippen molar-refractivity contribution in [2.75, 3.05) is 5.73 Å². The van der Waals surface area contributed by atoms with E-state index in [2.05, 4.69) is 15.5 Å². The van der Waals surface area contributed by atoms with Gasteiger partial charge >= 0.3 is 0 Å². The summed E-state index contributed by atoms with van der Waals surface area (Å²) in [4.78, 5) is 0. The van der Waals surface area contributed by atoms with Crippen LogP contribution in [0.25, 0.3) is 17.1 Å². The smallest absolute Gasteiger partial charge is 0.188 e. The van der Waals surface area contributed by atoms with Crippen molar-refractivity contribution < 1.29 is 4.39 Å². The summed E-state index contributed by atoms with van der Waals surface area (Å²) in [7, 11) is 0. The summed E-state index contributed by atoms with van der Waals surface area (Å²) < 4.78 is 15.3. The maximum atomic E-state index is 14.0. The average molecular weight is 304 g/mol. The molecule has 3 rings (SSSR count). The summed E-state index contributed by atoms with van der Waals surface area (Å²) in [6.07, 6.45) is 0. The Hall–Kier alpha value is -2.47. The van der Waals surface area contributed by atoms with Gasteiger partial charge in [-0.3, -0.25) is 0 Å². The number of hydrogen-bond donors (Lipinski definition) is 1. The number of aromatic nitrogens is 4. The molecule has 0 saturated carbocycles. The second-order valence-corrected chi connectivity index (χ2v) is 5.02. The van der Waals surface area contributed by atoms with Crippen LogP contribution >= 0.6 is 11.6 Å². The Labute approximate surface area is 125 Å². The number of hydrogen-bond acceptors (Lipinski definition) is 4. The molecule has 0 radical (unpaired) electrons. The maximum absolute atomic E-state index is 14.0. The third kappa shape index (κ3) is 2.45. The average Bonchev–Trinajstić information content (AvgIpc) is 2.93. The first kappa shape index (κ1) is 13.5. The molecule has 0 saturated heterocycles. The Kier molecular flexibility index (Phi) is 3.31. The molecule has 2 N–H and O–H groups in total. The Bertz CT molecular complexity index is 749. The third-order valence-electron chi connectivity index (χ3n) is 3.03. The summed E-state index contributed by atoms with van der Waals surface area (Å²) >= 11 is 6.16. The lowest BCUT2D eigenvalue weighted by Gasteiger charge is -2.08. The minimum atomic E-state index is -0.422. The van der Waals surface area contributed by atoms with Gasteiger partial charge in [-0.2, -0.15) is 4.68 Å². The van der Waals surface area contributed by atoms with Gasteiger partial charge in [0.05, 0.1) is 5.02 Å². The van der Waals surface area contributed by atoms with Crippen molar-refractivity contribution in [1.82, 2.24) is 20.2 Å². The van der Waals surface area contributed by atoms with Crippen molar-refractivity contribution in [3.8, 4) is 17.1 Å². The number of nitrogens with two attached hydrogens (primary N) is 1. The van der Waals surface area contributed by atoms with Gasteiger partial charge in [0, 0.05) is 11.3 Å². The van der Waals surface area contributed by atoms with Gasteiger partial charge in [0.2, 0.25) is 0 Å². The highest BCUT2D eigenvalue weighted by atomic mass is 35.5. The van der Waals surface area contributed by atoms with E-state index in [9.17, 15) is 4.39 Å². The number of nitrogen functional groups attached to an aromatic ring is 1. The molecule has 1 aromatic heterocycles. The quantitative estimate of drug-likeness (QED) is 0.739. The number of tetrazole rings is 1. The molecule has 0 atom stereocenters. The highest BCUT2D eigenvalue weighted by molar-refractivity contribution is 6.33. The number of nitrogens with zero attached hydrogens (tertiary/aromatic N) is 4. The van der Waals surface area contributed by atoms with E-state index < -0.39 is 5.82 Å². The van der Waals surface area contributed by atoms with Crippen LogP contribution in [0, 0.1) is 12.7 Å². The van der Waals surface area contributed by atoms with Crippen molar-refractivity contribution in [2.24, 2.45) is 0 Å². The summed E-state index contributed by atoms with van der Waals surface area (Å²) in [6.45, 7) is 1.86. The summed E-state index contributed by atoms with van der Waals surface area (Å²) in [6, 6.07) is 9.69. The zero-order chi connectivity index (χ0) is 15.0. The Balaban J connectivity index is 2.22. The van der Waals surface area contributed by atoms with E-state index in [0.29, 0.717) is 22.1 Å². The van der Waals surface area contributed by atoms with Gasteiger partial charge in [-0.05, 0) is 53.2 Å². The van der Waals surface area contributed by atoms with Crippen LogP contribution in [0.1, 0.15) is 5.56 Å². The largest absolute Gasteiger partial charge is 0.399 e. The van der Waals surface area contributed by atoms with E-state index in [1.807, 2.05) is 6.92 Å². The van der Waals surface area contributed by atoms with Crippen LogP contribution in [0.2, 0.25) is 5.02 Å². The molecule has 0 fully saturated rings. The van der Waals surface area contributed by atoms with E-state index in [1.165, 1.54) is 10.7 Å². The first-order valence-electron chi connectivity index (χ1n) is 6.16. The van der Waals surface area contributed by atoms with Crippen molar-refractivity contribution in [1.29, 1.82) is 0 Å². The van der Waals surface area contributed by atoms with Crippen LogP contribution in [0.5, 0.6) is 0 Å². The number of benzene rings is 2. The first-order chi connectivity index (χ1) is 10.1. The minimum Gasteiger partial charge on any atom is -0.399 e. The number of anilines is 1. The first-order valence-corrected chi connectivity index (χ1v) is 6.54. The zero-order valence-corrected chi connectivity index (χ0v) is 11.8. The number of rotatable bonds is 2. The SMILES string of the molecule is Cc1ccc(F)c(-n2nnnc2-c2cc(N)ccc2Cl)c1. The molecule has 0 unspecified atom stereocenters. The lowest BCUT2D eigenvalue weighted by Crippen LogP contribution is -2.03. The summed E-state index contributed by atoms with van der Waals surface area (Å²) in [5.74, 6) is -0.0917. The van der Waals surface area contributed by atoms with E-state index in [0.717, 1.165) is 5.56 Å². The second-order valence-electron chi connectivity index (χ2n) is 4.61. The van der Waals surface area contributed by atoms with E-state index in [1.54, 1.807) is 30.3 Å². The van der Waals surface area contributed by atoms with E-state index in [4.69, 9.17) is 17.3 Å². The fourth-order valence-corrected chi connectivity index (χ4v) is 2.22. The molecule has 5 nitrogen and oxygen atoms in total. The highest BCUT2D eigenvalue weighted by Gasteiger charge is 2.16. The Morgan fingerprint density at radius 3 is 2.81 bits per heavy atom. The van der Waals surface area contributed by atoms with Crippen LogP contribution in [-0.4, -0.2) is 20.2 Å². The predicted octanol–water partition coefficient (Wildman–Crippen LogP) is 3.01. The molecule has 0 aliphatic rings. The van der Waals surface area contributed by atoms with Gasteiger partial charge < -0.3 is 5.73 Å². The van der Waals surface area contributed by atoms with Gasteiger partial charge in [-0.1, -0.05) is 17.7 Å². The molecule has 3 aromatic rings. The lowest BCUT2D eigenvalue weighted by atomic mass is 10.1. The monoisotopic (exact) mass is 303 g/mol. The fourth-order valence-electron chi connectivity index (χ4n) is 2.02. The molecule has 2 aromatic carbocycles. The van der Waals surface area contributed by atoms with Gasteiger partial charge in [0.15, 0.2) is 5.82 Å². The molecular formula is C14H11ClFN5. The van der Waals surface area contributed by atoms with Crippen molar-refractivity contribution >= 4 is 17.3 Å². The number of halogens is 2. The highest BCUT2D eigenvalue weighted by Crippen LogP contribution is 2.29. The molecule has 0 amide bonds. The van der Waals surface area contributed by atoms with Crippen LogP contribution < -0.4 is 5.73 Å². The minimum absolute atomic E-state index is 0.258. The molecule has 7 heteroatoms. The second kappa shape index (κ2) is 5.14. The summed E-state index contributed by atoms with van der Waals surface area (Å²) in [5.41, 5.74) is 7.98. The van der Waals surface area contributed by atoms with E-state index >= 15 is 0 Å². The third-order valence-corrected chi connectivity index (χ3v) is 3.36. The van der Waals surface area contributed by atoms with Gasteiger partial charge in [0.1, 0.15) is 11.5 Å². The van der Waals surface area contributed by atoms with Gasteiger partial charge in [0.25, 0.3) is 0 Å². The van der Waals surface area contributed by atoms with Gasteiger partial charge in [-0.15, -0.1) is 5.10 Å². The Morgan fingerprint density at radius 1 is 1.19 bits per heavy atom. The molecule has 106 valence electrons. The molecule has 0 bridgehead atoms. The predicted molar refractivity (Wildman–Crippen MR) is 78.7 cm³/mol. The van der Waals surface area contributed by atoms with Crippen molar-refractivity contribution in [3.05, 3.63) is 52.8 Å². The fraction of sp³-hybridized carbons (Fsp3) is 0.0714. The zero-order valence-electron chi connectivity index (χ0n) is 11.1. The van der Waals surface area contributed by atoms with Crippen LogP contribution in [0.4, 0.5) is 10.1 Å². The molecular weight excluding hydrogens is 293 g/mol. The molecule has 21 heavy (non-hydrogen) atoms.